The Morgan fingerprint density at radius 3 is 2.67 bits per heavy atom. The highest BCUT2D eigenvalue weighted by Crippen LogP contribution is 2.46. The Balaban J connectivity index is 1.22. The fraction of sp³-hybridized carbons (Fsp3) is 0.667. The maximum Gasteiger partial charge on any atom is 0.264 e. The lowest BCUT2D eigenvalue weighted by atomic mass is 9.62. The molecule has 0 radical (unpaired) electrons. The van der Waals surface area contributed by atoms with Crippen LogP contribution in [-0.2, 0) is 27.8 Å². The molecule has 0 unspecified atom stereocenters. The van der Waals surface area contributed by atoms with Crippen LogP contribution in [0.5, 0.6) is 5.75 Å². The molecule has 4 aliphatic heterocycles. The molecule has 12 heteroatoms. The first-order valence-electron chi connectivity index (χ1n) is 19.1. The summed E-state index contributed by atoms with van der Waals surface area (Å²) in [6.07, 6.45) is 6.73. The number of ether oxygens (including phenoxy) is 2. The lowest BCUT2D eigenvalue weighted by molar-refractivity contribution is -0.120. The number of aryl methyl sites for hydroxylation is 1. The van der Waals surface area contributed by atoms with Gasteiger partial charge in [-0.05, 0) is 111 Å². The van der Waals surface area contributed by atoms with Crippen molar-refractivity contribution in [1.82, 2.24) is 14.5 Å². The summed E-state index contributed by atoms with van der Waals surface area (Å²) in [4.78, 5) is 20.9. The van der Waals surface area contributed by atoms with Gasteiger partial charge in [0.15, 0.2) is 0 Å². The Morgan fingerprint density at radius 2 is 1.84 bits per heavy atom. The van der Waals surface area contributed by atoms with Crippen molar-refractivity contribution in [3.05, 3.63) is 58.1 Å². The number of morpholine rings is 1. The zero-order chi connectivity index (χ0) is 35.8. The van der Waals surface area contributed by atoms with E-state index < -0.39 is 26.8 Å². The van der Waals surface area contributed by atoms with Crippen LogP contribution in [0.25, 0.3) is 0 Å². The van der Waals surface area contributed by atoms with Gasteiger partial charge in [-0.3, -0.25) is 14.6 Å². The van der Waals surface area contributed by atoms with Gasteiger partial charge < -0.3 is 19.5 Å². The molecule has 3 fully saturated rings. The Kier molecular flexibility index (Phi) is 11.2. The molecule has 6 atom stereocenters. The smallest absolute Gasteiger partial charge is 0.264 e. The van der Waals surface area contributed by atoms with Crippen LogP contribution in [0.1, 0.15) is 80.3 Å². The summed E-state index contributed by atoms with van der Waals surface area (Å²) in [5, 5.41) is 12.7. The number of hydrogen-bond acceptors (Lipinski definition) is 9. The van der Waals surface area contributed by atoms with Crippen molar-refractivity contribution < 1.29 is 27.8 Å². The topological polar surface area (TPSA) is 112 Å². The zero-order valence-electron chi connectivity index (χ0n) is 30.2. The second-order valence-electron chi connectivity index (χ2n) is 15.9. The normalized spacial score (nSPS) is 32.5. The van der Waals surface area contributed by atoms with Crippen molar-refractivity contribution in [2.75, 3.05) is 63.9 Å². The van der Waals surface area contributed by atoms with Gasteiger partial charge >= 0.3 is 0 Å². The molecule has 7 rings (SSSR count). The zero-order valence-corrected chi connectivity index (χ0v) is 31.8. The average Bonchev–Trinajstić information content (AvgIpc) is 3.12. The maximum absolute atomic E-state index is 13.6. The van der Waals surface area contributed by atoms with Crippen molar-refractivity contribution in [3.8, 4) is 5.75 Å². The van der Waals surface area contributed by atoms with E-state index in [0.29, 0.717) is 49.2 Å². The Labute approximate surface area is 308 Å². The molecule has 280 valence electrons. The first-order chi connectivity index (χ1) is 24.5. The van der Waals surface area contributed by atoms with Crippen LogP contribution in [0, 0.1) is 17.8 Å². The number of amides is 1. The van der Waals surface area contributed by atoms with Gasteiger partial charge in [-0.15, -0.1) is 0 Å². The van der Waals surface area contributed by atoms with Crippen LogP contribution in [0.15, 0.2) is 36.4 Å². The molecule has 1 aliphatic carbocycles. The number of sulfonamides is 1. The number of β-amino-alcohol motifs (C(OH)–C–C–N with tert-alkyl or cyclic N) is 1. The second-order valence-corrected chi connectivity index (χ2v) is 18.4. The summed E-state index contributed by atoms with van der Waals surface area (Å²) in [6, 6.07) is 11.5. The lowest BCUT2D eigenvalue weighted by Crippen LogP contribution is -2.62. The van der Waals surface area contributed by atoms with Crippen molar-refractivity contribution >= 4 is 33.2 Å². The highest BCUT2D eigenvalue weighted by molar-refractivity contribution is 7.90. The minimum Gasteiger partial charge on any atom is -0.487 e. The molecule has 2 N–H and O–H groups in total. The summed E-state index contributed by atoms with van der Waals surface area (Å²) < 4.78 is 41.8. The van der Waals surface area contributed by atoms with Crippen LogP contribution in [0.3, 0.4) is 0 Å². The molecule has 2 aromatic carbocycles. The number of carbonyl (C=O) groups is 1. The molecule has 10 nitrogen and oxygen atoms in total. The molecule has 1 amide bonds. The number of aliphatic hydroxyl groups is 1. The summed E-state index contributed by atoms with van der Waals surface area (Å²) in [6.45, 7) is 11.3. The van der Waals surface area contributed by atoms with Crippen molar-refractivity contribution in [3.63, 3.8) is 0 Å². The van der Waals surface area contributed by atoms with Gasteiger partial charge in [0, 0.05) is 62.4 Å². The van der Waals surface area contributed by atoms with Gasteiger partial charge in [0.1, 0.15) is 12.4 Å². The Morgan fingerprint density at radius 1 is 0.980 bits per heavy atom. The standard InChI is InChI=1S/C39H55ClN4O6S/c1-27-6-5-14-39(46,26-42-16-17-43-18-19-49-25-34(43)23-42)35-12-9-31(35)22-44-15-4-3-7-29-20-33(40)11-8-32(29)24-50-37-13-10-30(21-36(37)44)38(45)41-51(47,48)28(27)2/h8,10-11,13,20-21,27-28,31,34-35,46H,3-7,9,12,14-19,22-26H2,1-2H3,(H,41,45)/t27-,28+,31-,34+,35+,39-/m0/s1. The summed E-state index contributed by atoms with van der Waals surface area (Å²) >= 11 is 6.39. The van der Waals surface area contributed by atoms with E-state index in [1.54, 1.807) is 25.1 Å². The van der Waals surface area contributed by atoms with Crippen LogP contribution >= 0.6 is 11.6 Å². The highest BCUT2D eigenvalue weighted by Gasteiger charge is 2.48. The van der Waals surface area contributed by atoms with E-state index in [2.05, 4.69) is 19.4 Å². The minimum absolute atomic E-state index is 0.114. The van der Waals surface area contributed by atoms with Gasteiger partial charge in [-0.2, -0.15) is 0 Å². The van der Waals surface area contributed by atoms with E-state index in [9.17, 15) is 18.3 Å². The molecule has 51 heavy (non-hydrogen) atoms. The Bertz CT molecular complexity index is 1680. The van der Waals surface area contributed by atoms with E-state index in [1.807, 2.05) is 25.1 Å². The average molecular weight is 743 g/mol. The van der Waals surface area contributed by atoms with Gasteiger partial charge in [-0.1, -0.05) is 31.0 Å². The van der Waals surface area contributed by atoms with E-state index in [4.69, 9.17) is 21.1 Å². The number of nitrogens with zero attached hydrogens (tertiary/aromatic N) is 3. The number of nitrogens with one attached hydrogen (secondary N) is 1. The number of hydrogen-bond donors (Lipinski definition) is 2. The van der Waals surface area contributed by atoms with Gasteiger partial charge in [0.05, 0.1) is 29.8 Å². The summed E-state index contributed by atoms with van der Waals surface area (Å²) in [5.41, 5.74) is 2.43. The SMILES string of the molecule is C[C@@H]1[C@@H](C)CCC[C@](O)(CN2CCN3CCOC[C@H]3C2)[C@@H]2CC[C@H]2CN2CCCCc3cc(Cl)ccc3COc3ccc(cc32)C(=O)NS1(=O)=O. The third kappa shape index (κ3) is 8.24. The molecular weight excluding hydrogens is 688 g/mol. The minimum atomic E-state index is -3.95. The Hall–Kier alpha value is -2.41. The third-order valence-corrected chi connectivity index (χ3v) is 14.8. The molecule has 0 aromatic heterocycles. The number of benzene rings is 2. The second kappa shape index (κ2) is 15.5. The molecule has 2 saturated heterocycles. The van der Waals surface area contributed by atoms with E-state index in [1.165, 1.54) is 5.56 Å². The number of halogens is 1. The number of carbonyl (C=O) groups excluding carboxylic acids is 1. The molecule has 2 aromatic rings. The highest BCUT2D eigenvalue weighted by atomic mass is 35.5. The molecule has 1 saturated carbocycles. The molecular formula is C39H55ClN4O6S. The molecule has 5 aliphatic rings. The largest absolute Gasteiger partial charge is 0.487 e. The quantitative estimate of drug-likeness (QED) is 0.434. The van der Waals surface area contributed by atoms with Crippen LogP contribution < -0.4 is 14.4 Å². The van der Waals surface area contributed by atoms with Gasteiger partial charge in [-0.25, -0.2) is 13.1 Å². The van der Waals surface area contributed by atoms with E-state index >= 15 is 0 Å². The monoisotopic (exact) mass is 742 g/mol. The number of piperazine rings is 1. The molecule has 4 heterocycles. The van der Waals surface area contributed by atoms with Gasteiger partial charge in [0.2, 0.25) is 10.0 Å². The van der Waals surface area contributed by atoms with E-state index in [-0.39, 0.29) is 23.3 Å². The number of fused-ring (bicyclic) bond motifs is 4. The fourth-order valence-corrected chi connectivity index (χ4v) is 10.6. The van der Waals surface area contributed by atoms with Crippen LogP contribution in [0.4, 0.5) is 5.69 Å². The van der Waals surface area contributed by atoms with Crippen molar-refractivity contribution in [1.29, 1.82) is 0 Å². The molecule has 2 bridgehead atoms. The number of rotatable bonds is 2. The predicted molar refractivity (Wildman–Crippen MR) is 200 cm³/mol. The first kappa shape index (κ1) is 36.9. The van der Waals surface area contributed by atoms with Crippen molar-refractivity contribution in [2.24, 2.45) is 17.8 Å². The predicted octanol–water partition coefficient (Wildman–Crippen LogP) is 5.10. The third-order valence-electron chi connectivity index (χ3n) is 12.6. The first-order valence-corrected chi connectivity index (χ1v) is 21.0. The fourth-order valence-electron chi connectivity index (χ4n) is 9.13. The summed E-state index contributed by atoms with van der Waals surface area (Å²) in [5.74, 6) is 0.214. The van der Waals surface area contributed by atoms with Crippen molar-refractivity contribution in [2.45, 2.75) is 88.7 Å². The van der Waals surface area contributed by atoms with E-state index in [0.717, 1.165) is 95.8 Å². The molecule has 0 spiro atoms. The van der Waals surface area contributed by atoms with Crippen LogP contribution in [-0.4, -0.2) is 105 Å². The van der Waals surface area contributed by atoms with Crippen LogP contribution in [0.2, 0.25) is 5.02 Å². The maximum atomic E-state index is 13.6. The number of anilines is 1. The lowest BCUT2D eigenvalue weighted by Gasteiger charge is -2.52. The van der Waals surface area contributed by atoms with Gasteiger partial charge in [0.25, 0.3) is 5.91 Å². The summed E-state index contributed by atoms with van der Waals surface area (Å²) in [7, 11) is -3.95.